The second-order valence-corrected chi connectivity index (χ2v) is 4.51. The van der Waals surface area contributed by atoms with Crippen LogP contribution in [-0.2, 0) is 19.0 Å². The highest BCUT2D eigenvalue weighted by atomic mass is 16.6. The van der Waals surface area contributed by atoms with Gasteiger partial charge in [-0.2, -0.15) is 0 Å². The quantitative estimate of drug-likeness (QED) is 0.552. The molecular weight excluding hydrogens is 222 g/mol. The number of hydrogen-bond acceptors (Lipinski definition) is 5. The van der Waals surface area contributed by atoms with Crippen molar-refractivity contribution in [2.75, 3.05) is 26.8 Å². The first-order valence-electron chi connectivity index (χ1n) is 6.16. The Labute approximate surface area is 103 Å². The Kier molecular flexibility index (Phi) is 6.47. The third kappa shape index (κ3) is 6.00. The summed E-state index contributed by atoms with van der Waals surface area (Å²) in [6.07, 6.45) is 1.89. The first-order chi connectivity index (χ1) is 8.11. The van der Waals surface area contributed by atoms with E-state index in [0.29, 0.717) is 13.2 Å². The van der Waals surface area contributed by atoms with Crippen molar-refractivity contribution in [2.24, 2.45) is 0 Å². The zero-order valence-corrected chi connectivity index (χ0v) is 10.9. The lowest BCUT2D eigenvalue weighted by Gasteiger charge is -2.31. The molecular formula is C12H23NO4. The molecule has 0 radical (unpaired) electrons. The molecule has 1 rings (SSSR count). The molecule has 0 bridgehead atoms. The summed E-state index contributed by atoms with van der Waals surface area (Å²) in [5, 5.41) is 2.97. The van der Waals surface area contributed by atoms with Crippen molar-refractivity contribution >= 4 is 5.97 Å². The average Bonchev–Trinajstić information content (AvgIpc) is 2.23. The lowest BCUT2D eigenvalue weighted by atomic mass is 10.0. The van der Waals surface area contributed by atoms with Crippen molar-refractivity contribution in [2.45, 2.75) is 45.0 Å². The van der Waals surface area contributed by atoms with E-state index in [9.17, 15) is 4.79 Å². The van der Waals surface area contributed by atoms with E-state index in [1.54, 1.807) is 7.11 Å². The van der Waals surface area contributed by atoms with E-state index in [0.717, 1.165) is 12.8 Å². The summed E-state index contributed by atoms with van der Waals surface area (Å²) in [5.74, 6) is -0.201. The van der Waals surface area contributed by atoms with Gasteiger partial charge in [-0.1, -0.05) is 0 Å². The Balaban J connectivity index is 2.16. The third-order valence-electron chi connectivity index (χ3n) is 2.70. The first kappa shape index (κ1) is 14.4. The van der Waals surface area contributed by atoms with Gasteiger partial charge in [0.2, 0.25) is 0 Å². The smallest absolute Gasteiger partial charge is 0.320 e. The maximum absolute atomic E-state index is 11.5. The third-order valence-corrected chi connectivity index (χ3v) is 2.70. The van der Waals surface area contributed by atoms with Gasteiger partial charge in [0.05, 0.1) is 25.4 Å². The van der Waals surface area contributed by atoms with Crippen LogP contribution in [-0.4, -0.2) is 51.1 Å². The predicted octanol–water partition coefficient (Wildman–Crippen LogP) is 0.722. The second-order valence-electron chi connectivity index (χ2n) is 4.51. The second kappa shape index (κ2) is 7.63. The normalized spacial score (nSPS) is 29.0. The highest BCUT2D eigenvalue weighted by molar-refractivity contribution is 5.71. The maximum atomic E-state index is 11.5. The van der Waals surface area contributed by atoms with E-state index >= 15 is 0 Å². The number of esters is 1. The predicted molar refractivity (Wildman–Crippen MR) is 63.9 cm³/mol. The molecule has 0 aromatic carbocycles. The van der Waals surface area contributed by atoms with Crippen LogP contribution in [0.5, 0.6) is 0 Å². The minimum atomic E-state index is -0.201. The van der Waals surface area contributed by atoms with Gasteiger partial charge in [-0.25, -0.2) is 0 Å². The Morgan fingerprint density at radius 3 is 2.59 bits per heavy atom. The zero-order chi connectivity index (χ0) is 12.7. The van der Waals surface area contributed by atoms with Gasteiger partial charge >= 0.3 is 5.97 Å². The highest BCUT2D eigenvalue weighted by Crippen LogP contribution is 2.21. The molecule has 2 atom stereocenters. The Hall–Kier alpha value is -0.650. The van der Waals surface area contributed by atoms with E-state index < -0.39 is 0 Å². The number of hydrogen-bond donors (Lipinski definition) is 1. The molecule has 1 aliphatic rings. The minimum Gasteiger partial charge on any atom is -0.461 e. The van der Waals surface area contributed by atoms with Crippen molar-refractivity contribution in [1.29, 1.82) is 0 Å². The van der Waals surface area contributed by atoms with E-state index in [2.05, 4.69) is 5.32 Å². The molecule has 0 saturated carbocycles. The Bertz CT molecular complexity index is 225. The van der Waals surface area contributed by atoms with Crippen molar-refractivity contribution < 1.29 is 19.0 Å². The summed E-state index contributed by atoms with van der Waals surface area (Å²) in [4.78, 5) is 11.5. The molecule has 1 aliphatic heterocycles. The first-order valence-corrected chi connectivity index (χ1v) is 6.16. The van der Waals surface area contributed by atoms with Crippen LogP contribution in [0.2, 0.25) is 0 Å². The molecule has 5 heteroatoms. The largest absolute Gasteiger partial charge is 0.461 e. The number of methoxy groups -OCH3 is 1. The molecule has 5 nitrogen and oxygen atoms in total. The molecule has 0 amide bonds. The minimum absolute atomic E-state index is 0.00882. The Morgan fingerprint density at radius 2 is 2.00 bits per heavy atom. The number of nitrogens with one attached hydrogen (secondary N) is 1. The van der Waals surface area contributed by atoms with Crippen molar-refractivity contribution in [1.82, 2.24) is 5.32 Å². The average molecular weight is 245 g/mol. The molecule has 17 heavy (non-hydrogen) atoms. The number of rotatable bonds is 6. The molecule has 0 spiro atoms. The van der Waals surface area contributed by atoms with Gasteiger partial charge in [-0.3, -0.25) is 4.79 Å². The number of ether oxygens (including phenoxy) is 3. The standard InChI is InChI=1S/C12H23NO4/c1-9-6-11(7-10(2)16-9)17-12(14)8-13-4-5-15-3/h9-11,13H,4-8H2,1-3H3. The summed E-state index contributed by atoms with van der Waals surface area (Å²) in [7, 11) is 1.63. The lowest BCUT2D eigenvalue weighted by Crippen LogP contribution is -2.37. The van der Waals surface area contributed by atoms with E-state index in [-0.39, 0.29) is 30.8 Å². The van der Waals surface area contributed by atoms with Gasteiger partial charge in [0.15, 0.2) is 0 Å². The van der Waals surface area contributed by atoms with E-state index in [4.69, 9.17) is 14.2 Å². The van der Waals surface area contributed by atoms with Gasteiger partial charge in [-0.15, -0.1) is 0 Å². The van der Waals surface area contributed by atoms with Crippen LogP contribution < -0.4 is 5.32 Å². The monoisotopic (exact) mass is 245 g/mol. The lowest BCUT2D eigenvalue weighted by molar-refractivity contribution is -0.158. The molecule has 1 saturated heterocycles. The van der Waals surface area contributed by atoms with Crippen molar-refractivity contribution in [3.8, 4) is 0 Å². The van der Waals surface area contributed by atoms with Gasteiger partial charge in [-0.05, 0) is 13.8 Å². The molecule has 0 aromatic rings. The SMILES string of the molecule is COCCNCC(=O)OC1CC(C)OC(C)C1. The molecule has 100 valence electrons. The van der Waals surface area contributed by atoms with Crippen LogP contribution in [0, 0.1) is 0 Å². The van der Waals surface area contributed by atoms with Crippen LogP contribution in [0.15, 0.2) is 0 Å². The van der Waals surface area contributed by atoms with Crippen LogP contribution in [0.25, 0.3) is 0 Å². The van der Waals surface area contributed by atoms with Gasteiger partial charge in [0.25, 0.3) is 0 Å². The molecule has 2 unspecified atom stereocenters. The van der Waals surface area contributed by atoms with Crippen LogP contribution in [0.3, 0.4) is 0 Å². The summed E-state index contributed by atoms with van der Waals surface area (Å²) >= 11 is 0. The van der Waals surface area contributed by atoms with E-state index in [1.165, 1.54) is 0 Å². The fourth-order valence-corrected chi connectivity index (χ4v) is 2.03. The molecule has 1 fully saturated rings. The van der Waals surface area contributed by atoms with Crippen molar-refractivity contribution in [3.63, 3.8) is 0 Å². The highest BCUT2D eigenvalue weighted by Gasteiger charge is 2.26. The summed E-state index contributed by atoms with van der Waals surface area (Å²) in [5.41, 5.74) is 0. The van der Waals surface area contributed by atoms with Gasteiger partial charge < -0.3 is 19.5 Å². The van der Waals surface area contributed by atoms with E-state index in [1.807, 2.05) is 13.8 Å². The fourth-order valence-electron chi connectivity index (χ4n) is 2.03. The van der Waals surface area contributed by atoms with Crippen LogP contribution in [0.4, 0.5) is 0 Å². The van der Waals surface area contributed by atoms with Crippen LogP contribution in [0.1, 0.15) is 26.7 Å². The van der Waals surface area contributed by atoms with Crippen molar-refractivity contribution in [3.05, 3.63) is 0 Å². The van der Waals surface area contributed by atoms with Gasteiger partial charge in [0, 0.05) is 26.5 Å². The zero-order valence-electron chi connectivity index (χ0n) is 10.9. The topological polar surface area (TPSA) is 56.8 Å². The molecule has 0 aliphatic carbocycles. The molecule has 0 aromatic heterocycles. The molecule has 1 N–H and O–H groups in total. The number of carbonyl (C=O) groups is 1. The Morgan fingerprint density at radius 1 is 1.35 bits per heavy atom. The van der Waals surface area contributed by atoms with Crippen LogP contribution >= 0.6 is 0 Å². The fraction of sp³-hybridized carbons (Fsp3) is 0.917. The summed E-state index contributed by atoms with van der Waals surface area (Å²) in [6, 6.07) is 0. The number of carbonyl (C=O) groups excluding carboxylic acids is 1. The van der Waals surface area contributed by atoms with Gasteiger partial charge in [0.1, 0.15) is 6.10 Å². The summed E-state index contributed by atoms with van der Waals surface area (Å²) in [6.45, 7) is 5.51. The maximum Gasteiger partial charge on any atom is 0.320 e. The summed E-state index contributed by atoms with van der Waals surface area (Å²) < 4.78 is 15.8. The molecule has 1 heterocycles.